The van der Waals surface area contributed by atoms with E-state index in [1.807, 2.05) is 32.8 Å². The Morgan fingerprint density at radius 2 is 1.93 bits per heavy atom. The minimum atomic E-state index is 0.166. The van der Waals surface area contributed by atoms with E-state index in [1.165, 1.54) is 0 Å². The molecule has 1 aliphatic rings. The second kappa shape index (κ2) is 5.35. The molecule has 0 spiro atoms. The number of carbonyl (C=O) groups is 1. The van der Waals surface area contributed by atoms with E-state index in [9.17, 15) is 4.79 Å². The van der Waals surface area contributed by atoms with Gasteiger partial charge >= 0.3 is 6.03 Å². The Hall–Kier alpha value is -0.770. The van der Waals surface area contributed by atoms with Crippen LogP contribution in [0.3, 0.4) is 0 Å². The zero-order valence-electron chi connectivity index (χ0n) is 10.3. The lowest BCUT2D eigenvalue weighted by Crippen LogP contribution is -2.49. The van der Waals surface area contributed by atoms with Crippen molar-refractivity contribution in [1.82, 2.24) is 15.1 Å². The van der Waals surface area contributed by atoms with E-state index in [1.54, 1.807) is 4.90 Å². The maximum atomic E-state index is 12.0. The van der Waals surface area contributed by atoms with Gasteiger partial charge in [0.25, 0.3) is 0 Å². The van der Waals surface area contributed by atoms with Gasteiger partial charge in [-0.05, 0) is 33.7 Å². The summed E-state index contributed by atoms with van der Waals surface area (Å²) in [7, 11) is 3.86. The lowest BCUT2D eigenvalue weighted by Gasteiger charge is -2.35. The number of nitrogens with one attached hydrogen (secondary N) is 1. The maximum Gasteiger partial charge on any atom is 0.319 e. The first-order valence-electron chi connectivity index (χ1n) is 5.75. The van der Waals surface area contributed by atoms with Gasteiger partial charge < -0.3 is 15.1 Å². The van der Waals surface area contributed by atoms with E-state index in [0.717, 1.165) is 25.9 Å². The second-order valence-electron chi connectivity index (χ2n) is 4.54. The van der Waals surface area contributed by atoms with Gasteiger partial charge in [-0.3, -0.25) is 0 Å². The quantitative estimate of drug-likeness (QED) is 0.746. The summed E-state index contributed by atoms with van der Waals surface area (Å²) in [6.45, 7) is 5.83. The van der Waals surface area contributed by atoms with Crippen LogP contribution in [0, 0.1) is 0 Å². The third-order valence-corrected chi connectivity index (χ3v) is 3.25. The molecule has 0 aromatic heterocycles. The summed E-state index contributed by atoms with van der Waals surface area (Å²) >= 11 is 0. The van der Waals surface area contributed by atoms with Crippen LogP contribution >= 0.6 is 0 Å². The number of piperidine rings is 1. The molecular weight excluding hydrogens is 190 g/mol. The summed E-state index contributed by atoms with van der Waals surface area (Å²) in [4.78, 5) is 15.7. The minimum absolute atomic E-state index is 0.166. The molecule has 0 aliphatic carbocycles. The Morgan fingerprint density at radius 1 is 1.40 bits per heavy atom. The van der Waals surface area contributed by atoms with Gasteiger partial charge in [-0.1, -0.05) is 0 Å². The van der Waals surface area contributed by atoms with Gasteiger partial charge in [0.1, 0.15) is 0 Å². The third-order valence-electron chi connectivity index (χ3n) is 3.25. The molecule has 4 nitrogen and oxygen atoms in total. The number of carbonyl (C=O) groups excluding carboxylic acids is 1. The van der Waals surface area contributed by atoms with Crippen LogP contribution in [0.1, 0.15) is 26.7 Å². The smallest absolute Gasteiger partial charge is 0.319 e. The maximum absolute atomic E-state index is 12.0. The van der Waals surface area contributed by atoms with Crippen molar-refractivity contribution < 1.29 is 4.79 Å². The molecule has 2 amide bonds. The van der Waals surface area contributed by atoms with Crippen molar-refractivity contribution in [2.24, 2.45) is 0 Å². The van der Waals surface area contributed by atoms with Gasteiger partial charge in [0, 0.05) is 32.2 Å². The topological polar surface area (TPSA) is 35.6 Å². The minimum Gasteiger partial charge on any atom is -0.325 e. The second-order valence-corrected chi connectivity index (χ2v) is 4.54. The average molecular weight is 213 g/mol. The first-order valence-corrected chi connectivity index (χ1v) is 5.75. The van der Waals surface area contributed by atoms with E-state index in [-0.39, 0.29) is 12.1 Å². The van der Waals surface area contributed by atoms with Crippen LogP contribution in [0.4, 0.5) is 4.79 Å². The summed E-state index contributed by atoms with van der Waals surface area (Å²) in [5, 5.41) is 3.26. The molecule has 0 aromatic rings. The molecule has 0 bridgehead atoms. The van der Waals surface area contributed by atoms with Crippen LogP contribution in [0.2, 0.25) is 0 Å². The zero-order valence-corrected chi connectivity index (χ0v) is 10.3. The number of rotatable bonds is 2. The van der Waals surface area contributed by atoms with Crippen molar-refractivity contribution in [2.45, 2.75) is 38.8 Å². The van der Waals surface area contributed by atoms with Crippen molar-refractivity contribution in [1.29, 1.82) is 0 Å². The van der Waals surface area contributed by atoms with Crippen molar-refractivity contribution in [2.75, 3.05) is 27.2 Å². The molecule has 88 valence electrons. The molecule has 0 aromatic carbocycles. The zero-order chi connectivity index (χ0) is 11.4. The average Bonchev–Trinajstić information content (AvgIpc) is 2.27. The molecule has 0 atom stereocenters. The Labute approximate surface area is 92.6 Å². The summed E-state index contributed by atoms with van der Waals surface area (Å²) in [6, 6.07) is 1.03. The molecule has 1 saturated heterocycles. The molecule has 1 heterocycles. The fraction of sp³-hybridized carbons (Fsp3) is 0.909. The van der Waals surface area contributed by atoms with E-state index >= 15 is 0 Å². The Bertz CT molecular complexity index is 210. The standard InChI is InChI=1S/C11H23N3O/c1-9(2)13(4)11(15)14-7-5-10(12-3)6-8-14/h9-10,12H,5-8H2,1-4H3. The number of hydrogen-bond acceptors (Lipinski definition) is 2. The molecule has 1 rings (SSSR count). The molecule has 1 aliphatic heterocycles. The SMILES string of the molecule is CNC1CCN(C(=O)N(C)C(C)C)CC1. The van der Waals surface area contributed by atoms with Crippen LogP contribution in [-0.4, -0.2) is 55.1 Å². The van der Waals surface area contributed by atoms with Gasteiger partial charge in [0.2, 0.25) is 0 Å². The van der Waals surface area contributed by atoms with Gasteiger partial charge in [0.15, 0.2) is 0 Å². The van der Waals surface area contributed by atoms with Gasteiger partial charge in [-0.15, -0.1) is 0 Å². The van der Waals surface area contributed by atoms with Gasteiger partial charge in [0.05, 0.1) is 0 Å². The molecule has 0 radical (unpaired) electrons. The molecule has 1 fully saturated rings. The molecule has 0 saturated carbocycles. The lowest BCUT2D eigenvalue weighted by molar-refractivity contribution is 0.137. The molecule has 1 N–H and O–H groups in total. The van der Waals surface area contributed by atoms with E-state index in [0.29, 0.717) is 6.04 Å². The summed E-state index contributed by atoms with van der Waals surface area (Å²) in [5.74, 6) is 0. The fourth-order valence-corrected chi connectivity index (χ4v) is 1.80. The molecule has 4 heteroatoms. The summed E-state index contributed by atoms with van der Waals surface area (Å²) < 4.78 is 0. The van der Waals surface area contributed by atoms with Gasteiger partial charge in [-0.25, -0.2) is 4.79 Å². The number of amides is 2. The molecule has 0 unspecified atom stereocenters. The molecular formula is C11H23N3O. The lowest BCUT2D eigenvalue weighted by atomic mass is 10.1. The van der Waals surface area contributed by atoms with Crippen LogP contribution in [0.15, 0.2) is 0 Å². The Morgan fingerprint density at radius 3 is 2.33 bits per heavy atom. The van der Waals surface area contributed by atoms with Crippen molar-refractivity contribution in [3.05, 3.63) is 0 Å². The highest BCUT2D eigenvalue weighted by Gasteiger charge is 2.24. The Balaban J connectivity index is 2.42. The first-order chi connectivity index (χ1) is 7.06. The number of likely N-dealkylation sites (tertiary alicyclic amines) is 1. The number of hydrogen-bond donors (Lipinski definition) is 1. The fourth-order valence-electron chi connectivity index (χ4n) is 1.80. The Kier molecular flexibility index (Phi) is 4.39. The highest BCUT2D eigenvalue weighted by molar-refractivity contribution is 5.74. The van der Waals surface area contributed by atoms with Crippen molar-refractivity contribution >= 4 is 6.03 Å². The monoisotopic (exact) mass is 213 g/mol. The predicted molar refractivity (Wildman–Crippen MR) is 61.9 cm³/mol. The van der Waals surface area contributed by atoms with Crippen LogP contribution < -0.4 is 5.32 Å². The summed E-state index contributed by atoms with van der Waals surface area (Å²) in [5.41, 5.74) is 0. The molecule has 15 heavy (non-hydrogen) atoms. The number of nitrogens with zero attached hydrogens (tertiary/aromatic N) is 2. The largest absolute Gasteiger partial charge is 0.325 e. The van der Waals surface area contributed by atoms with Crippen LogP contribution in [0.25, 0.3) is 0 Å². The predicted octanol–water partition coefficient (Wildman–Crippen LogP) is 1.13. The van der Waals surface area contributed by atoms with Crippen LogP contribution in [-0.2, 0) is 0 Å². The van der Waals surface area contributed by atoms with Gasteiger partial charge in [-0.2, -0.15) is 0 Å². The van der Waals surface area contributed by atoms with Crippen LogP contribution in [0.5, 0.6) is 0 Å². The van der Waals surface area contributed by atoms with E-state index < -0.39 is 0 Å². The third kappa shape index (κ3) is 3.09. The van der Waals surface area contributed by atoms with Crippen molar-refractivity contribution in [3.63, 3.8) is 0 Å². The summed E-state index contributed by atoms with van der Waals surface area (Å²) in [6.07, 6.45) is 2.13. The first kappa shape index (κ1) is 12.3. The highest BCUT2D eigenvalue weighted by Crippen LogP contribution is 2.12. The number of urea groups is 1. The normalized spacial score (nSPS) is 18.3. The van der Waals surface area contributed by atoms with E-state index in [4.69, 9.17) is 0 Å². The highest BCUT2D eigenvalue weighted by atomic mass is 16.2. The van der Waals surface area contributed by atoms with E-state index in [2.05, 4.69) is 5.32 Å². The van der Waals surface area contributed by atoms with Crippen molar-refractivity contribution in [3.8, 4) is 0 Å².